The second kappa shape index (κ2) is 5.92. The van der Waals surface area contributed by atoms with Crippen LogP contribution in [0.2, 0.25) is 0 Å². The molecular weight excluding hydrogens is 253 g/mol. The molecule has 5 heteroatoms. The molecule has 0 radical (unpaired) electrons. The van der Waals surface area contributed by atoms with Gasteiger partial charge in [-0.1, -0.05) is 31.2 Å². The maximum Gasteiger partial charge on any atom is 0.408 e. The summed E-state index contributed by atoms with van der Waals surface area (Å²) < 4.78 is 39.9. The molecule has 0 aliphatic carbocycles. The van der Waals surface area contributed by atoms with Crippen LogP contribution < -0.4 is 5.32 Å². The van der Waals surface area contributed by atoms with Crippen LogP contribution in [0, 0.1) is 0 Å². The molecule has 2 rings (SSSR count). The van der Waals surface area contributed by atoms with E-state index in [4.69, 9.17) is 0 Å². The normalized spacial score (nSPS) is 19.4. The number of rotatable bonds is 3. The van der Waals surface area contributed by atoms with Crippen LogP contribution in [0.25, 0.3) is 0 Å². The fourth-order valence-corrected chi connectivity index (χ4v) is 2.48. The van der Waals surface area contributed by atoms with Gasteiger partial charge in [-0.3, -0.25) is 4.90 Å². The summed E-state index contributed by atoms with van der Waals surface area (Å²) in [5.41, 5.74) is 1.40. The Labute approximate surface area is 111 Å². The highest BCUT2D eigenvalue weighted by Gasteiger charge is 2.44. The first-order chi connectivity index (χ1) is 9.02. The Hall–Kier alpha value is -1.07. The Balaban J connectivity index is 2.25. The molecule has 0 aromatic heterocycles. The minimum Gasteiger partial charge on any atom is -0.314 e. The summed E-state index contributed by atoms with van der Waals surface area (Å²) in [5.74, 6) is 0. The van der Waals surface area contributed by atoms with Crippen molar-refractivity contribution in [2.75, 3.05) is 26.2 Å². The first-order valence-corrected chi connectivity index (χ1v) is 6.62. The summed E-state index contributed by atoms with van der Waals surface area (Å²) >= 11 is 0. The minimum atomic E-state index is -4.23. The van der Waals surface area contributed by atoms with Crippen molar-refractivity contribution in [3.63, 3.8) is 0 Å². The van der Waals surface area contributed by atoms with Gasteiger partial charge in [-0.05, 0) is 17.5 Å². The van der Waals surface area contributed by atoms with Gasteiger partial charge in [-0.25, -0.2) is 0 Å². The minimum absolute atomic E-state index is 0.339. The molecule has 1 aromatic carbocycles. The molecule has 0 saturated carbocycles. The first-order valence-electron chi connectivity index (χ1n) is 6.62. The highest BCUT2D eigenvalue weighted by Crippen LogP contribution is 2.37. The van der Waals surface area contributed by atoms with Gasteiger partial charge in [0.25, 0.3) is 0 Å². The van der Waals surface area contributed by atoms with Crippen LogP contribution in [0.15, 0.2) is 24.3 Å². The Morgan fingerprint density at radius 1 is 1.16 bits per heavy atom. The molecule has 1 heterocycles. The smallest absolute Gasteiger partial charge is 0.314 e. The molecule has 106 valence electrons. The van der Waals surface area contributed by atoms with Gasteiger partial charge in [0.2, 0.25) is 0 Å². The first kappa shape index (κ1) is 14.3. The standard InChI is InChI=1S/C14H19F3N2/c1-2-11-3-5-12(6-4-11)13(14(15,16)17)19-9-7-18-8-10-19/h3-6,13,18H,2,7-10H2,1H3/t13-/m1/s1. The van der Waals surface area contributed by atoms with Crippen molar-refractivity contribution in [1.82, 2.24) is 10.2 Å². The Morgan fingerprint density at radius 2 is 1.74 bits per heavy atom. The number of hydrogen-bond acceptors (Lipinski definition) is 2. The Bertz CT molecular complexity index is 394. The van der Waals surface area contributed by atoms with Gasteiger partial charge in [-0.15, -0.1) is 0 Å². The molecule has 2 nitrogen and oxygen atoms in total. The predicted octanol–water partition coefficient (Wildman–Crippen LogP) is 2.76. The number of aryl methyl sites for hydroxylation is 1. The van der Waals surface area contributed by atoms with Crippen molar-refractivity contribution in [1.29, 1.82) is 0 Å². The zero-order valence-corrected chi connectivity index (χ0v) is 11.0. The predicted molar refractivity (Wildman–Crippen MR) is 69.1 cm³/mol. The van der Waals surface area contributed by atoms with E-state index in [9.17, 15) is 13.2 Å². The maximum absolute atomic E-state index is 13.3. The number of piperazine rings is 1. The fourth-order valence-electron chi connectivity index (χ4n) is 2.48. The number of hydrogen-bond donors (Lipinski definition) is 1. The van der Waals surface area contributed by atoms with Gasteiger partial charge in [0.1, 0.15) is 6.04 Å². The third-order valence-corrected chi connectivity index (χ3v) is 3.53. The van der Waals surface area contributed by atoms with Crippen molar-refractivity contribution in [3.8, 4) is 0 Å². The van der Waals surface area contributed by atoms with Crippen molar-refractivity contribution in [2.24, 2.45) is 0 Å². The van der Waals surface area contributed by atoms with Crippen LogP contribution in [-0.2, 0) is 6.42 Å². The van der Waals surface area contributed by atoms with E-state index in [2.05, 4.69) is 5.32 Å². The van der Waals surface area contributed by atoms with Crippen molar-refractivity contribution in [3.05, 3.63) is 35.4 Å². The summed E-state index contributed by atoms with van der Waals surface area (Å²) in [6.07, 6.45) is -3.39. The van der Waals surface area contributed by atoms with Crippen molar-refractivity contribution >= 4 is 0 Å². The monoisotopic (exact) mass is 272 g/mol. The van der Waals surface area contributed by atoms with E-state index < -0.39 is 12.2 Å². The highest BCUT2D eigenvalue weighted by molar-refractivity contribution is 5.26. The topological polar surface area (TPSA) is 15.3 Å². The Kier molecular flexibility index (Phi) is 4.47. The molecular formula is C14H19F3N2. The number of alkyl halides is 3. The van der Waals surface area contributed by atoms with E-state index in [1.807, 2.05) is 6.92 Å². The van der Waals surface area contributed by atoms with Gasteiger partial charge < -0.3 is 5.32 Å². The fraction of sp³-hybridized carbons (Fsp3) is 0.571. The summed E-state index contributed by atoms with van der Waals surface area (Å²) in [6.45, 7) is 4.07. The summed E-state index contributed by atoms with van der Waals surface area (Å²) in [7, 11) is 0. The molecule has 1 aromatic rings. The molecule has 1 aliphatic rings. The average molecular weight is 272 g/mol. The molecule has 1 atom stereocenters. The highest BCUT2D eigenvalue weighted by atomic mass is 19.4. The lowest BCUT2D eigenvalue weighted by Crippen LogP contribution is -2.49. The van der Waals surface area contributed by atoms with Gasteiger partial charge in [0.15, 0.2) is 0 Å². The van der Waals surface area contributed by atoms with Crippen LogP contribution >= 0.6 is 0 Å². The number of benzene rings is 1. The van der Waals surface area contributed by atoms with Crippen molar-refractivity contribution < 1.29 is 13.2 Å². The second-order valence-corrected chi connectivity index (χ2v) is 4.83. The largest absolute Gasteiger partial charge is 0.408 e. The third-order valence-electron chi connectivity index (χ3n) is 3.53. The zero-order chi connectivity index (χ0) is 13.9. The molecule has 0 spiro atoms. The zero-order valence-electron chi connectivity index (χ0n) is 11.0. The van der Waals surface area contributed by atoms with Gasteiger partial charge in [0.05, 0.1) is 0 Å². The number of halogens is 3. The second-order valence-electron chi connectivity index (χ2n) is 4.83. The van der Waals surface area contributed by atoms with E-state index in [-0.39, 0.29) is 0 Å². The number of nitrogens with one attached hydrogen (secondary N) is 1. The van der Waals surface area contributed by atoms with Gasteiger partial charge >= 0.3 is 6.18 Å². The third kappa shape index (κ3) is 3.48. The van der Waals surface area contributed by atoms with E-state index in [0.717, 1.165) is 12.0 Å². The molecule has 1 fully saturated rings. The Morgan fingerprint density at radius 3 is 2.21 bits per heavy atom. The molecule has 0 amide bonds. The van der Waals surface area contributed by atoms with E-state index >= 15 is 0 Å². The molecule has 19 heavy (non-hydrogen) atoms. The number of nitrogens with zero attached hydrogens (tertiary/aromatic N) is 1. The molecule has 0 bridgehead atoms. The maximum atomic E-state index is 13.3. The molecule has 1 saturated heterocycles. The van der Waals surface area contributed by atoms with E-state index in [1.54, 1.807) is 24.3 Å². The molecule has 0 unspecified atom stereocenters. The average Bonchev–Trinajstić information content (AvgIpc) is 2.39. The van der Waals surface area contributed by atoms with Crippen LogP contribution in [0.3, 0.4) is 0 Å². The SMILES string of the molecule is CCc1ccc([C@@H](N2CCNCC2)C(F)(F)F)cc1. The quantitative estimate of drug-likeness (QED) is 0.910. The summed E-state index contributed by atoms with van der Waals surface area (Å²) in [5, 5.41) is 3.08. The van der Waals surface area contributed by atoms with Crippen molar-refractivity contribution in [2.45, 2.75) is 25.6 Å². The lowest BCUT2D eigenvalue weighted by molar-refractivity contribution is -0.187. The van der Waals surface area contributed by atoms with Crippen LogP contribution in [0.5, 0.6) is 0 Å². The van der Waals surface area contributed by atoms with Crippen LogP contribution in [-0.4, -0.2) is 37.3 Å². The summed E-state index contributed by atoms with van der Waals surface area (Å²) in [4.78, 5) is 1.51. The van der Waals surface area contributed by atoms with Crippen LogP contribution in [0.1, 0.15) is 24.1 Å². The van der Waals surface area contributed by atoms with Gasteiger partial charge in [-0.2, -0.15) is 13.2 Å². The van der Waals surface area contributed by atoms with Gasteiger partial charge in [0, 0.05) is 26.2 Å². The molecule has 1 aliphatic heterocycles. The van der Waals surface area contributed by atoms with E-state index in [0.29, 0.717) is 31.7 Å². The van der Waals surface area contributed by atoms with E-state index in [1.165, 1.54) is 4.90 Å². The molecule has 1 N–H and O–H groups in total. The van der Waals surface area contributed by atoms with Crippen LogP contribution in [0.4, 0.5) is 13.2 Å². The lowest BCUT2D eigenvalue weighted by atomic mass is 10.0. The summed E-state index contributed by atoms with van der Waals surface area (Å²) in [6, 6.07) is 5.31. The lowest BCUT2D eigenvalue weighted by Gasteiger charge is -2.36.